The van der Waals surface area contributed by atoms with Gasteiger partial charge in [-0.1, -0.05) is 12.1 Å². The van der Waals surface area contributed by atoms with Crippen LogP contribution >= 0.6 is 0 Å². The number of aromatic amines is 1. The molecule has 0 atom stereocenters. The minimum absolute atomic E-state index is 0.0652. The molecule has 0 bridgehead atoms. The Labute approximate surface area is 164 Å². The van der Waals surface area contributed by atoms with Crippen LogP contribution in [-0.4, -0.2) is 28.0 Å². The maximum absolute atomic E-state index is 12.7. The van der Waals surface area contributed by atoms with Gasteiger partial charge < -0.3 is 15.5 Å². The molecule has 0 fully saturated rings. The van der Waals surface area contributed by atoms with Crippen LogP contribution in [-0.2, 0) is 19.5 Å². The van der Waals surface area contributed by atoms with Gasteiger partial charge in [0, 0.05) is 37.3 Å². The van der Waals surface area contributed by atoms with E-state index in [1.165, 1.54) is 5.56 Å². The first-order valence-electron chi connectivity index (χ1n) is 9.54. The smallest absolute Gasteiger partial charge is 0.255 e. The highest BCUT2D eigenvalue weighted by Crippen LogP contribution is 2.22. The summed E-state index contributed by atoms with van der Waals surface area (Å²) in [6.07, 6.45) is 0.756. The maximum Gasteiger partial charge on any atom is 0.255 e. The van der Waals surface area contributed by atoms with Crippen LogP contribution in [0.25, 0.3) is 11.4 Å². The molecule has 144 valence electrons. The highest BCUT2D eigenvalue weighted by atomic mass is 16.5. The van der Waals surface area contributed by atoms with Crippen LogP contribution in [0.3, 0.4) is 0 Å². The second-order valence-corrected chi connectivity index (χ2v) is 7.00. The average molecular weight is 376 g/mol. The van der Waals surface area contributed by atoms with Crippen LogP contribution in [0.4, 0.5) is 5.69 Å². The normalized spacial score (nSPS) is 13.9. The third-order valence-electron chi connectivity index (χ3n) is 4.95. The summed E-state index contributed by atoms with van der Waals surface area (Å²) >= 11 is 0. The summed E-state index contributed by atoms with van der Waals surface area (Å²) in [4.78, 5) is 22.6. The van der Waals surface area contributed by atoms with Crippen LogP contribution in [0.1, 0.15) is 23.7 Å². The minimum atomic E-state index is -0.0652. The Morgan fingerprint density at radius 2 is 2.04 bits per heavy atom. The van der Waals surface area contributed by atoms with Crippen molar-refractivity contribution in [3.63, 3.8) is 0 Å². The molecule has 3 aromatic rings. The van der Waals surface area contributed by atoms with Gasteiger partial charge in [0.15, 0.2) is 0 Å². The monoisotopic (exact) mass is 376 g/mol. The zero-order chi connectivity index (χ0) is 19.5. The van der Waals surface area contributed by atoms with Crippen LogP contribution in [0.5, 0.6) is 5.75 Å². The van der Waals surface area contributed by atoms with Crippen molar-refractivity contribution in [2.45, 2.75) is 26.4 Å². The van der Waals surface area contributed by atoms with Crippen LogP contribution in [0.15, 0.2) is 53.3 Å². The molecule has 2 aromatic carbocycles. The molecule has 3 N–H and O–H groups in total. The second kappa shape index (κ2) is 7.86. The fourth-order valence-electron chi connectivity index (χ4n) is 3.55. The summed E-state index contributed by atoms with van der Waals surface area (Å²) in [7, 11) is 0. The summed E-state index contributed by atoms with van der Waals surface area (Å²) in [5, 5.41) is 0. The van der Waals surface area contributed by atoms with Crippen molar-refractivity contribution in [2.75, 3.05) is 18.9 Å². The molecule has 0 aliphatic carbocycles. The molecule has 0 amide bonds. The first-order chi connectivity index (χ1) is 13.6. The number of hydrogen-bond donors (Lipinski definition) is 2. The van der Waals surface area contributed by atoms with Gasteiger partial charge in [-0.3, -0.25) is 9.69 Å². The Morgan fingerprint density at radius 1 is 1.21 bits per heavy atom. The van der Waals surface area contributed by atoms with Gasteiger partial charge in [0.25, 0.3) is 5.56 Å². The van der Waals surface area contributed by atoms with Crippen LogP contribution < -0.4 is 16.0 Å². The van der Waals surface area contributed by atoms with E-state index >= 15 is 0 Å². The lowest BCUT2D eigenvalue weighted by atomic mass is 10.1. The molecule has 1 aliphatic heterocycles. The van der Waals surface area contributed by atoms with E-state index in [-0.39, 0.29) is 5.56 Å². The number of nitrogen functional groups attached to an aromatic ring is 1. The molecule has 0 saturated heterocycles. The SMILES string of the molecule is CCOc1cccc(CN2CCc3nc(-c4ccc(N)cc4)[nH]c(=O)c3C2)c1. The first kappa shape index (κ1) is 18.3. The van der Waals surface area contributed by atoms with Gasteiger partial charge in [0.1, 0.15) is 11.6 Å². The molecule has 6 heteroatoms. The van der Waals surface area contributed by atoms with E-state index in [2.05, 4.69) is 22.0 Å². The Morgan fingerprint density at radius 3 is 2.82 bits per heavy atom. The number of ether oxygens (including phenoxy) is 1. The summed E-state index contributed by atoms with van der Waals surface area (Å²) in [5.74, 6) is 1.48. The summed E-state index contributed by atoms with van der Waals surface area (Å²) in [6, 6.07) is 15.5. The molecule has 0 saturated carbocycles. The van der Waals surface area contributed by atoms with E-state index in [9.17, 15) is 4.79 Å². The van der Waals surface area contributed by atoms with E-state index in [0.29, 0.717) is 24.7 Å². The predicted octanol–water partition coefficient (Wildman–Crippen LogP) is 2.98. The number of nitrogens with one attached hydrogen (secondary N) is 1. The number of benzene rings is 2. The van der Waals surface area contributed by atoms with Crippen molar-refractivity contribution in [3.8, 4) is 17.1 Å². The van der Waals surface area contributed by atoms with Crippen molar-refractivity contribution in [3.05, 3.63) is 75.7 Å². The number of hydrogen-bond acceptors (Lipinski definition) is 5. The van der Waals surface area contributed by atoms with E-state index < -0.39 is 0 Å². The molecular weight excluding hydrogens is 352 g/mol. The van der Waals surface area contributed by atoms with Crippen molar-refractivity contribution in [1.29, 1.82) is 0 Å². The minimum Gasteiger partial charge on any atom is -0.494 e. The molecule has 6 nitrogen and oxygen atoms in total. The van der Waals surface area contributed by atoms with E-state index in [1.54, 1.807) is 0 Å². The first-order valence-corrected chi connectivity index (χ1v) is 9.54. The van der Waals surface area contributed by atoms with E-state index in [4.69, 9.17) is 15.5 Å². The second-order valence-electron chi connectivity index (χ2n) is 7.00. The van der Waals surface area contributed by atoms with Gasteiger partial charge in [-0.25, -0.2) is 4.98 Å². The zero-order valence-corrected chi connectivity index (χ0v) is 15.9. The molecule has 0 unspecified atom stereocenters. The van der Waals surface area contributed by atoms with Gasteiger partial charge in [0.2, 0.25) is 0 Å². The number of anilines is 1. The van der Waals surface area contributed by atoms with Gasteiger partial charge >= 0.3 is 0 Å². The third-order valence-corrected chi connectivity index (χ3v) is 4.95. The molecule has 4 rings (SSSR count). The largest absolute Gasteiger partial charge is 0.494 e. The lowest BCUT2D eigenvalue weighted by Crippen LogP contribution is -2.35. The molecule has 1 aliphatic rings. The quantitative estimate of drug-likeness (QED) is 0.669. The zero-order valence-electron chi connectivity index (χ0n) is 15.9. The van der Waals surface area contributed by atoms with Gasteiger partial charge in [-0.2, -0.15) is 0 Å². The number of fused-ring (bicyclic) bond motifs is 1. The van der Waals surface area contributed by atoms with Crippen LogP contribution in [0, 0.1) is 0 Å². The lowest BCUT2D eigenvalue weighted by Gasteiger charge is -2.27. The fraction of sp³-hybridized carbons (Fsp3) is 0.273. The fourth-order valence-corrected chi connectivity index (χ4v) is 3.55. The van der Waals surface area contributed by atoms with Gasteiger partial charge in [-0.05, 0) is 48.9 Å². The summed E-state index contributed by atoms with van der Waals surface area (Å²) in [5.41, 5.74) is 10.1. The Balaban J connectivity index is 1.53. The van der Waals surface area contributed by atoms with E-state index in [0.717, 1.165) is 42.1 Å². The topological polar surface area (TPSA) is 84.2 Å². The Kier molecular flexibility index (Phi) is 5.12. The van der Waals surface area contributed by atoms with Crippen molar-refractivity contribution < 1.29 is 4.74 Å². The Hall–Kier alpha value is -3.12. The molecule has 0 spiro atoms. The number of nitrogens with two attached hydrogens (primary N) is 1. The highest BCUT2D eigenvalue weighted by molar-refractivity contribution is 5.58. The third kappa shape index (κ3) is 3.92. The Bertz CT molecular complexity index is 1030. The highest BCUT2D eigenvalue weighted by Gasteiger charge is 2.21. The molecular formula is C22H24N4O2. The van der Waals surface area contributed by atoms with Crippen molar-refractivity contribution in [2.24, 2.45) is 0 Å². The molecule has 28 heavy (non-hydrogen) atoms. The van der Waals surface area contributed by atoms with Gasteiger partial charge in [-0.15, -0.1) is 0 Å². The van der Waals surface area contributed by atoms with Crippen molar-refractivity contribution >= 4 is 5.69 Å². The standard InChI is InChI=1S/C22H24N4O2/c1-2-28-18-5-3-4-15(12-18)13-26-11-10-20-19(14-26)22(27)25-21(24-20)16-6-8-17(23)9-7-16/h3-9,12H,2,10-11,13-14,23H2,1H3,(H,24,25,27). The number of nitrogens with zero attached hydrogens (tertiary/aromatic N) is 2. The van der Waals surface area contributed by atoms with Gasteiger partial charge in [0.05, 0.1) is 17.9 Å². The average Bonchev–Trinajstić information content (AvgIpc) is 2.69. The molecule has 1 aromatic heterocycles. The lowest BCUT2D eigenvalue weighted by molar-refractivity contribution is 0.241. The van der Waals surface area contributed by atoms with E-state index in [1.807, 2.05) is 43.3 Å². The predicted molar refractivity (Wildman–Crippen MR) is 110 cm³/mol. The maximum atomic E-state index is 12.7. The van der Waals surface area contributed by atoms with Crippen molar-refractivity contribution in [1.82, 2.24) is 14.9 Å². The van der Waals surface area contributed by atoms with Crippen LogP contribution in [0.2, 0.25) is 0 Å². The molecule has 0 radical (unpaired) electrons. The summed E-state index contributed by atoms with van der Waals surface area (Å²) < 4.78 is 5.58. The number of aromatic nitrogens is 2. The summed E-state index contributed by atoms with van der Waals surface area (Å²) in [6.45, 7) is 4.87. The number of rotatable bonds is 5. The number of H-pyrrole nitrogens is 1. The molecule has 2 heterocycles.